The molecule has 2 amide bonds. The number of halogens is 1. The minimum atomic E-state index is -3.80. The zero-order chi connectivity index (χ0) is 23.7. The Labute approximate surface area is 188 Å². The zero-order valence-electron chi connectivity index (χ0n) is 18.9. The summed E-state index contributed by atoms with van der Waals surface area (Å²) >= 11 is 0. The van der Waals surface area contributed by atoms with Gasteiger partial charge in [0.1, 0.15) is 17.2 Å². The first kappa shape index (κ1) is 24.3. The number of carbonyl (C=O) groups is 2. The van der Waals surface area contributed by atoms with Gasteiger partial charge >= 0.3 is 6.09 Å². The first-order valence-electron chi connectivity index (χ1n) is 10.8. The number of hydrogen-bond acceptors (Lipinski definition) is 6. The number of likely N-dealkylation sites (tertiary alicyclic amines) is 1. The third-order valence-electron chi connectivity index (χ3n) is 5.38. The molecule has 1 aromatic rings. The third-order valence-corrected chi connectivity index (χ3v) is 5.94. The lowest BCUT2D eigenvalue weighted by atomic mass is 9.98. The third kappa shape index (κ3) is 6.82. The highest BCUT2D eigenvalue weighted by Gasteiger charge is 2.31. The Morgan fingerprint density at radius 2 is 1.78 bits per heavy atom. The Morgan fingerprint density at radius 1 is 1.16 bits per heavy atom. The normalized spacial score (nSPS) is 17.7. The van der Waals surface area contributed by atoms with Crippen LogP contribution in [-0.2, 0) is 14.8 Å². The van der Waals surface area contributed by atoms with Crippen molar-refractivity contribution in [2.75, 3.05) is 26.0 Å². The van der Waals surface area contributed by atoms with Crippen molar-refractivity contribution in [1.29, 1.82) is 0 Å². The molecule has 1 N–H and O–H groups in total. The largest absolute Gasteiger partial charge is 0.493 e. The Kier molecular flexibility index (Phi) is 7.02. The van der Waals surface area contributed by atoms with E-state index in [1.54, 1.807) is 9.62 Å². The van der Waals surface area contributed by atoms with Crippen molar-refractivity contribution < 1.29 is 31.9 Å². The molecular weight excluding hydrogens is 439 g/mol. The fraction of sp³-hybridized carbons (Fsp3) is 0.636. The summed E-state index contributed by atoms with van der Waals surface area (Å²) in [5, 5.41) is 0. The van der Waals surface area contributed by atoms with Gasteiger partial charge in [-0.25, -0.2) is 22.3 Å². The van der Waals surface area contributed by atoms with E-state index in [1.807, 2.05) is 20.8 Å². The second-order valence-electron chi connectivity index (χ2n) is 9.57. The molecular formula is C22H31FN2O6S. The van der Waals surface area contributed by atoms with Crippen molar-refractivity contribution in [3.8, 4) is 5.75 Å². The number of rotatable bonds is 6. The molecule has 2 fully saturated rings. The number of carbonyl (C=O) groups excluding carboxylic acids is 2. The maximum atomic E-state index is 14.6. The van der Waals surface area contributed by atoms with E-state index in [0.717, 1.165) is 37.5 Å². The molecule has 1 heterocycles. The Morgan fingerprint density at radius 3 is 2.31 bits per heavy atom. The van der Waals surface area contributed by atoms with E-state index >= 15 is 0 Å². The van der Waals surface area contributed by atoms with Gasteiger partial charge in [-0.15, -0.1) is 0 Å². The van der Waals surface area contributed by atoms with Crippen LogP contribution in [0.5, 0.6) is 5.75 Å². The molecule has 0 spiro atoms. The average Bonchev–Trinajstić information content (AvgIpc) is 3.49. The molecule has 178 valence electrons. The molecule has 1 aliphatic carbocycles. The van der Waals surface area contributed by atoms with Gasteiger partial charge < -0.3 is 14.4 Å². The number of benzene rings is 1. The van der Waals surface area contributed by atoms with Crippen molar-refractivity contribution in [2.24, 2.45) is 5.92 Å². The fourth-order valence-electron chi connectivity index (χ4n) is 3.62. The van der Waals surface area contributed by atoms with Gasteiger partial charge in [-0.1, -0.05) is 0 Å². The van der Waals surface area contributed by atoms with Crippen LogP contribution in [0.25, 0.3) is 0 Å². The number of sulfonamides is 1. The molecule has 1 aliphatic heterocycles. The molecule has 0 aromatic heterocycles. The molecule has 0 atom stereocenters. The van der Waals surface area contributed by atoms with E-state index in [2.05, 4.69) is 0 Å². The van der Waals surface area contributed by atoms with Crippen LogP contribution in [0.4, 0.5) is 9.18 Å². The van der Waals surface area contributed by atoms with Crippen molar-refractivity contribution in [2.45, 2.75) is 58.0 Å². The van der Waals surface area contributed by atoms with E-state index < -0.39 is 27.3 Å². The summed E-state index contributed by atoms with van der Waals surface area (Å²) < 4.78 is 50.4. The van der Waals surface area contributed by atoms with Crippen LogP contribution >= 0.6 is 0 Å². The molecule has 1 saturated carbocycles. The van der Waals surface area contributed by atoms with Crippen molar-refractivity contribution in [3.63, 3.8) is 0 Å². The second-order valence-corrected chi connectivity index (χ2v) is 11.3. The van der Waals surface area contributed by atoms with E-state index in [9.17, 15) is 22.4 Å². The lowest BCUT2D eigenvalue weighted by molar-refractivity contribution is 0.0164. The highest BCUT2D eigenvalue weighted by Crippen LogP contribution is 2.45. The van der Waals surface area contributed by atoms with Gasteiger partial charge in [-0.3, -0.25) is 4.79 Å². The smallest absolute Gasteiger partial charge is 0.410 e. The number of hydrogen-bond donors (Lipinski definition) is 1. The maximum absolute atomic E-state index is 14.6. The second kappa shape index (κ2) is 9.25. The van der Waals surface area contributed by atoms with Crippen molar-refractivity contribution in [3.05, 3.63) is 29.1 Å². The summed E-state index contributed by atoms with van der Waals surface area (Å²) in [4.78, 5) is 26.0. The highest BCUT2D eigenvalue weighted by atomic mass is 32.2. The molecule has 1 aromatic carbocycles. The van der Waals surface area contributed by atoms with Crippen molar-refractivity contribution in [1.82, 2.24) is 9.62 Å². The summed E-state index contributed by atoms with van der Waals surface area (Å²) in [5.41, 5.74) is -0.128. The van der Waals surface area contributed by atoms with E-state index in [0.29, 0.717) is 25.4 Å². The van der Waals surface area contributed by atoms with Gasteiger partial charge in [0, 0.05) is 19.2 Å². The van der Waals surface area contributed by atoms with Crippen LogP contribution in [0.1, 0.15) is 68.3 Å². The van der Waals surface area contributed by atoms with Crippen LogP contribution < -0.4 is 9.46 Å². The molecule has 2 aliphatic rings. The number of nitrogens with one attached hydrogen (secondary N) is 1. The topological polar surface area (TPSA) is 102 Å². The van der Waals surface area contributed by atoms with Gasteiger partial charge in [0.2, 0.25) is 10.0 Å². The summed E-state index contributed by atoms with van der Waals surface area (Å²) in [6, 6.07) is 2.56. The van der Waals surface area contributed by atoms with Crippen LogP contribution in [0, 0.1) is 11.7 Å². The van der Waals surface area contributed by atoms with E-state index in [1.165, 1.54) is 12.1 Å². The van der Waals surface area contributed by atoms with E-state index in [4.69, 9.17) is 9.47 Å². The quantitative estimate of drug-likeness (QED) is 0.684. The summed E-state index contributed by atoms with van der Waals surface area (Å²) in [6.07, 6.45) is 3.83. The first-order valence-corrected chi connectivity index (χ1v) is 12.7. The monoisotopic (exact) mass is 470 g/mol. The first-order chi connectivity index (χ1) is 14.8. The molecule has 1 saturated heterocycles. The lowest BCUT2D eigenvalue weighted by Gasteiger charge is -2.33. The maximum Gasteiger partial charge on any atom is 0.410 e. The summed E-state index contributed by atoms with van der Waals surface area (Å²) in [6.45, 7) is 7.00. The van der Waals surface area contributed by atoms with Gasteiger partial charge in [0.15, 0.2) is 0 Å². The number of amides is 2. The molecule has 8 nitrogen and oxygen atoms in total. The van der Waals surface area contributed by atoms with Crippen LogP contribution in [-0.4, -0.2) is 56.9 Å². The molecule has 3 rings (SSSR count). The predicted molar refractivity (Wildman–Crippen MR) is 117 cm³/mol. The van der Waals surface area contributed by atoms with Crippen molar-refractivity contribution >= 4 is 22.0 Å². The van der Waals surface area contributed by atoms with Gasteiger partial charge in [-0.2, -0.15) is 0 Å². The van der Waals surface area contributed by atoms with Crippen LogP contribution in [0.2, 0.25) is 0 Å². The summed E-state index contributed by atoms with van der Waals surface area (Å²) in [7, 11) is -3.80. The van der Waals surface area contributed by atoms with Gasteiger partial charge in [0.05, 0.1) is 18.4 Å². The number of ether oxygens (including phenoxy) is 2. The number of nitrogens with zero attached hydrogens (tertiary/aromatic N) is 1. The van der Waals surface area contributed by atoms with Gasteiger partial charge in [-0.05, 0) is 69.9 Å². The fourth-order valence-corrected chi connectivity index (χ4v) is 4.07. The lowest BCUT2D eigenvalue weighted by Crippen LogP contribution is -2.42. The molecule has 32 heavy (non-hydrogen) atoms. The SMILES string of the molecule is CC(C)(C)OC(=O)N1CCC(COc2cc(F)c(C(=O)NS(C)(=O)=O)cc2C2CC2)CC1. The van der Waals surface area contributed by atoms with Crippen LogP contribution in [0.15, 0.2) is 12.1 Å². The zero-order valence-corrected chi connectivity index (χ0v) is 19.8. The summed E-state index contributed by atoms with van der Waals surface area (Å²) in [5.74, 6) is -1.06. The molecule has 0 radical (unpaired) electrons. The molecule has 10 heteroatoms. The molecule has 0 bridgehead atoms. The van der Waals surface area contributed by atoms with Gasteiger partial charge in [0.25, 0.3) is 5.91 Å². The Balaban J connectivity index is 1.62. The van der Waals surface area contributed by atoms with E-state index in [-0.39, 0.29) is 23.5 Å². The number of piperidine rings is 1. The minimum absolute atomic E-state index is 0.171. The standard InChI is InChI=1S/C22H31FN2O6S/c1-22(2,3)31-21(27)25-9-7-14(8-10-25)13-30-19-12-18(23)17(11-16(19)15-5-6-15)20(26)24-32(4,28)29/h11-12,14-15H,5-10,13H2,1-4H3,(H,24,26). The molecule has 0 unspecified atom stereocenters. The Bertz CT molecular complexity index is 977. The highest BCUT2D eigenvalue weighted by molar-refractivity contribution is 7.89. The predicted octanol–water partition coefficient (Wildman–Crippen LogP) is 3.42. The Hall–Kier alpha value is -2.36. The minimum Gasteiger partial charge on any atom is -0.493 e. The van der Waals surface area contributed by atoms with Crippen LogP contribution in [0.3, 0.4) is 0 Å². The average molecular weight is 471 g/mol.